The Morgan fingerprint density at radius 2 is 2.06 bits per heavy atom. The number of carbonyl (C=O) groups is 1. The van der Waals surface area contributed by atoms with Gasteiger partial charge in [0, 0.05) is 22.2 Å². The molecule has 0 atom stereocenters. The molecule has 0 aliphatic carbocycles. The molecule has 1 aromatic carbocycles. The third-order valence-electron chi connectivity index (χ3n) is 2.88. The predicted molar refractivity (Wildman–Crippen MR) is 60.8 cm³/mol. The smallest absolute Gasteiger partial charge is 0.307 e. The number of phenolic OH excluding ortho intramolecular Hbond substituents is 1. The maximum absolute atomic E-state index is 10.8. The molecule has 2 rings (SSSR count). The first-order chi connectivity index (χ1) is 7.50. The van der Waals surface area contributed by atoms with Crippen LogP contribution in [-0.4, -0.2) is 21.2 Å². The van der Waals surface area contributed by atoms with E-state index >= 15 is 0 Å². The SMILES string of the molecule is Cc1[nH]c2ccc(O)c(CC(=O)O)c2c1C. The fourth-order valence-corrected chi connectivity index (χ4v) is 1.98. The molecule has 0 unspecified atom stereocenters. The van der Waals surface area contributed by atoms with Crippen LogP contribution in [-0.2, 0) is 11.2 Å². The number of fused-ring (bicyclic) bond motifs is 1. The third kappa shape index (κ3) is 1.52. The van der Waals surface area contributed by atoms with Gasteiger partial charge in [0.05, 0.1) is 6.42 Å². The van der Waals surface area contributed by atoms with Gasteiger partial charge in [-0.3, -0.25) is 4.79 Å². The lowest BCUT2D eigenvalue weighted by Gasteiger charge is -2.04. The van der Waals surface area contributed by atoms with Gasteiger partial charge >= 0.3 is 5.97 Å². The van der Waals surface area contributed by atoms with Crippen molar-refractivity contribution in [3.05, 3.63) is 29.0 Å². The van der Waals surface area contributed by atoms with Crippen molar-refractivity contribution in [3.63, 3.8) is 0 Å². The van der Waals surface area contributed by atoms with Crippen LogP contribution < -0.4 is 0 Å². The van der Waals surface area contributed by atoms with E-state index < -0.39 is 5.97 Å². The maximum atomic E-state index is 10.8. The molecule has 3 N–H and O–H groups in total. The van der Waals surface area contributed by atoms with Gasteiger partial charge in [-0.25, -0.2) is 0 Å². The van der Waals surface area contributed by atoms with E-state index in [0.29, 0.717) is 5.56 Å². The van der Waals surface area contributed by atoms with E-state index in [1.807, 2.05) is 13.8 Å². The number of phenols is 1. The highest BCUT2D eigenvalue weighted by Gasteiger charge is 2.15. The van der Waals surface area contributed by atoms with E-state index in [-0.39, 0.29) is 12.2 Å². The van der Waals surface area contributed by atoms with Gasteiger partial charge in [0.2, 0.25) is 0 Å². The first kappa shape index (κ1) is 10.5. The second kappa shape index (κ2) is 3.56. The van der Waals surface area contributed by atoms with Gasteiger partial charge in [-0.05, 0) is 31.5 Å². The lowest BCUT2D eigenvalue weighted by Crippen LogP contribution is -2.01. The number of carboxylic acids is 1. The molecule has 0 amide bonds. The zero-order valence-electron chi connectivity index (χ0n) is 9.16. The van der Waals surface area contributed by atoms with Crippen molar-refractivity contribution < 1.29 is 15.0 Å². The van der Waals surface area contributed by atoms with Crippen LogP contribution >= 0.6 is 0 Å². The van der Waals surface area contributed by atoms with Crippen molar-refractivity contribution >= 4 is 16.9 Å². The molecular weight excluding hydrogens is 206 g/mol. The molecule has 1 heterocycles. The van der Waals surface area contributed by atoms with Crippen molar-refractivity contribution in [1.29, 1.82) is 0 Å². The van der Waals surface area contributed by atoms with E-state index in [1.54, 1.807) is 6.07 Å². The quantitative estimate of drug-likeness (QED) is 0.724. The fraction of sp³-hybridized carbons (Fsp3) is 0.250. The summed E-state index contributed by atoms with van der Waals surface area (Å²) in [6, 6.07) is 3.28. The first-order valence-corrected chi connectivity index (χ1v) is 5.02. The van der Waals surface area contributed by atoms with E-state index in [0.717, 1.165) is 22.2 Å². The van der Waals surface area contributed by atoms with Gasteiger partial charge in [0.15, 0.2) is 0 Å². The van der Waals surface area contributed by atoms with Crippen LogP contribution in [0.3, 0.4) is 0 Å². The number of aryl methyl sites for hydroxylation is 2. The summed E-state index contributed by atoms with van der Waals surface area (Å²) in [6.45, 7) is 3.84. The lowest BCUT2D eigenvalue weighted by molar-refractivity contribution is -0.136. The van der Waals surface area contributed by atoms with Crippen molar-refractivity contribution in [2.45, 2.75) is 20.3 Å². The summed E-state index contributed by atoms with van der Waals surface area (Å²) in [6.07, 6.45) is -0.165. The normalized spacial score (nSPS) is 10.9. The van der Waals surface area contributed by atoms with Gasteiger partial charge in [0.1, 0.15) is 5.75 Å². The van der Waals surface area contributed by atoms with Crippen LogP contribution in [0.2, 0.25) is 0 Å². The zero-order valence-corrected chi connectivity index (χ0v) is 9.16. The molecule has 0 aliphatic heterocycles. The highest BCUT2D eigenvalue weighted by atomic mass is 16.4. The van der Waals surface area contributed by atoms with Crippen LogP contribution in [0.1, 0.15) is 16.8 Å². The highest BCUT2D eigenvalue weighted by Crippen LogP contribution is 2.31. The van der Waals surface area contributed by atoms with Gasteiger partial charge in [-0.2, -0.15) is 0 Å². The Bertz CT molecular complexity index is 569. The minimum Gasteiger partial charge on any atom is -0.508 e. The number of aromatic nitrogens is 1. The Hall–Kier alpha value is -1.97. The Morgan fingerprint density at radius 1 is 1.38 bits per heavy atom. The van der Waals surface area contributed by atoms with E-state index in [2.05, 4.69) is 4.98 Å². The van der Waals surface area contributed by atoms with Gasteiger partial charge < -0.3 is 15.2 Å². The largest absolute Gasteiger partial charge is 0.508 e. The molecule has 0 saturated heterocycles. The third-order valence-corrected chi connectivity index (χ3v) is 2.88. The molecule has 84 valence electrons. The summed E-state index contributed by atoms with van der Waals surface area (Å²) in [4.78, 5) is 13.9. The average Bonchev–Trinajstić information content (AvgIpc) is 2.48. The minimum atomic E-state index is -0.943. The number of aromatic hydroxyl groups is 1. The van der Waals surface area contributed by atoms with Crippen LogP contribution in [0, 0.1) is 13.8 Å². The maximum Gasteiger partial charge on any atom is 0.307 e. The fourth-order valence-electron chi connectivity index (χ4n) is 1.98. The molecule has 0 fully saturated rings. The second-order valence-electron chi connectivity index (χ2n) is 3.93. The summed E-state index contributed by atoms with van der Waals surface area (Å²) in [5.41, 5.74) is 3.32. The Balaban J connectivity index is 2.77. The molecule has 0 radical (unpaired) electrons. The number of aromatic amines is 1. The van der Waals surface area contributed by atoms with E-state index in [9.17, 15) is 9.90 Å². The average molecular weight is 219 g/mol. The number of H-pyrrole nitrogens is 1. The standard InChI is InChI=1S/C12H13NO3/c1-6-7(2)13-9-3-4-10(14)8(12(6)9)5-11(15)16/h3-4,13-14H,5H2,1-2H3,(H,15,16). The van der Waals surface area contributed by atoms with Crippen LogP contribution in [0.4, 0.5) is 0 Å². The van der Waals surface area contributed by atoms with Crippen LogP contribution in [0.15, 0.2) is 12.1 Å². The minimum absolute atomic E-state index is 0.0389. The predicted octanol–water partition coefficient (Wildman–Crippen LogP) is 2.12. The molecule has 0 aliphatic rings. The summed E-state index contributed by atoms with van der Waals surface area (Å²) in [5, 5.41) is 19.4. The zero-order chi connectivity index (χ0) is 11.9. The molecule has 4 heteroatoms. The number of carboxylic acid groups (broad SMARTS) is 1. The Labute approximate surface area is 92.5 Å². The van der Waals surface area contributed by atoms with E-state index in [1.165, 1.54) is 6.07 Å². The number of aliphatic carboxylic acids is 1. The molecule has 0 bridgehead atoms. The summed E-state index contributed by atoms with van der Waals surface area (Å²) < 4.78 is 0. The summed E-state index contributed by atoms with van der Waals surface area (Å²) in [5.74, 6) is -0.905. The molecule has 0 saturated carbocycles. The second-order valence-corrected chi connectivity index (χ2v) is 3.93. The Kier molecular flexibility index (Phi) is 2.34. The first-order valence-electron chi connectivity index (χ1n) is 5.02. The van der Waals surface area contributed by atoms with Gasteiger partial charge in [0.25, 0.3) is 0 Å². The van der Waals surface area contributed by atoms with Gasteiger partial charge in [-0.1, -0.05) is 0 Å². The number of rotatable bonds is 2. The van der Waals surface area contributed by atoms with E-state index in [4.69, 9.17) is 5.11 Å². The molecule has 0 spiro atoms. The molecule has 4 nitrogen and oxygen atoms in total. The monoisotopic (exact) mass is 219 g/mol. The summed E-state index contributed by atoms with van der Waals surface area (Å²) in [7, 11) is 0. The summed E-state index contributed by atoms with van der Waals surface area (Å²) >= 11 is 0. The topological polar surface area (TPSA) is 73.3 Å². The number of benzene rings is 1. The molecule has 2 aromatic rings. The molecule has 16 heavy (non-hydrogen) atoms. The van der Waals surface area contributed by atoms with Crippen LogP contribution in [0.25, 0.3) is 10.9 Å². The Morgan fingerprint density at radius 3 is 2.69 bits per heavy atom. The van der Waals surface area contributed by atoms with Crippen molar-refractivity contribution in [1.82, 2.24) is 4.98 Å². The number of nitrogens with one attached hydrogen (secondary N) is 1. The molecular formula is C12H13NO3. The van der Waals surface area contributed by atoms with Gasteiger partial charge in [-0.15, -0.1) is 0 Å². The highest BCUT2D eigenvalue weighted by molar-refractivity contribution is 5.92. The lowest BCUT2D eigenvalue weighted by atomic mass is 10.0. The van der Waals surface area contributed by atoms with Crippen molar-refractivity contribution in [2.24, 2.45) is 0 Å². The van der Waals surface area contributed by atoms with Crippen molar-refractivity contribution in [3.8, 4) is 5.75 Å². The molecule has 1 aromatic heterocycles. The van der Waals surface area contributed by atoms with Crippen LogP contribution in [0.5, 0.6) is 5.75 Å². The number of hydrogen-bond acceptors (Lipinski definition) is 2. The van der Waals surface area contributed by atoms with Crippen molar-refractivity contribution in [2.75, 3.05) is 0 Å². The number of hydrogen-bond donors (Lipinski definition) is 3.